The van der Waals surface area contributed by atoms with Crippen LogP contribution in [0.15, 0.2) is 18.2 Å². The second kappa shape index (κ2) is 7.12. The van der Waals surface area contributed by atoms with Crippen molar-refractivity contribution in [2.45, 2.75) is 26.8 Å². The molecule has 1 N–H and O–H groups in total. The number of rotatable bonds is 7. The normalized spacial score (nSPS) is 10.2. The molecule has 0 unspecified atom stereocenters. The summed E-state index contributed by atoms with van der Waals surface area (Å²) in [4.78, 5) is 0. The van der Waals surface area contributed by atoms with Gasteiger partial charge in [-0.05, 0) is 19.0 Å². The highest BCUT2D eigenvalue weighted by atomic mass is 16.5. The van der Waals surface area contributed by atoms with Gasteiger partial charge >= 0.3 is 0 Å². The van der Waals surface area contributed by atoms with Crippen molar-refractivity contribution in [3.05, 3.63) is 23.8 Å². The molecule has 90 valence electrons. The van der Waals surface area contributed by atoms with Crippen LogP contribution in [0.3, 0.4) is 0 Å². The van der Waals surface area contributed by atoms with Gasteiger partial charge < -0.3 is 14.8 Å². The third kappa shape index (κ3) is 3.74. The van der Waals surface area contributed by atoms with E-state index in [0.717, 1.165) is 43.2 Å². The van der Waals surface area contributed by atoms with E-state index < -0.39 is 0 Å². The van der Waals surface area contributed by atoms with Crippen molar-refractivity contribution in [2.24, 2.45) is 0 Å². The first-order valence-electron chi connectivity index (χ1n) is 5.82. The van der Waals surface area contributed by atoms with Crippen LogP contribution in [0.1, 0.15) is 25.8 Å². The zero-order chi connectivity index (χ0) is 11.8. The summed E-state index contributed by atoms with van der Waals surface area (Å²) in [6.45, 7) is 6.71. The van der Waals surface area contributed by atoms with Crippen LogP contribution in [0.2, 0.25) is 0 Å². The highest BCUT2D eigenvalue weighted by Crippen LogP contribution is 2.24. The predicted molar refractivity (Wildman–Crippen MR) is 66.2 cm³/mol. The van der Waals surface area contributed by atoms with Crippen LogP contribution >= 0.6 is 0 Å². The molecule has 0 aromatic heterocycles. The summed E-state index contributed by atoms with van der Waals surface area (Å²) in [5.74, 6) is 1.76. The van der Waals surface area contributed by atoms with Crippen molar-refractivity contribution in [3.63, 3.8) is 0 Å². The van der Waals surface area contributed by atoms with Crippen molar-refractivity contribution >= 4 is 0 Å². The maximum Gasteiger partial charge on any atom is 0.127 e. The molecule has 0 fully saturated rings. The molecule has 0 atom stereocenters. The lowest BCUT2D eigenvalue weighted by atomic mass is 10.2. The number of benzene rings is 1. The minimum absolute atomic E-state index is 0.746. The standard InChI is InChI=1S/C13H21NO2/c1-4-8-16-12-7-6-11(10-14-5-2)13(9-12)15-3/h6-7,9,14H,4-5,8,10H2,1-3H3. The molecule has 0 spiro atoms. The molecule has 0 aliphatic carbocycles. The average Bonchev–Trinajstić information content (AvgIpc) is 2.34. The molecule has 0 aliphatic rings. The van der Waals surface area contributed by atoms with Crippen LogP contribution in [0.5, 0.6) is 11.5 Å². The van der Waals surface area contributed by atoms with Crippen LogP contribution in [-0.2, 0) is 6.54 Å². The minimum Gasteiger partial charge on any atom is -0.496 e. The van der Waals surface area contributed by atoms with Gasteiger partial charge in [-0.1, -0.05) is 19.9 Å². The highest BCUT2D eigenvalue weighted by Gasteiger charge is 2.04. The van der Waals surface area contributed by atoms with E-state index in [-0.39, 0.29) is 0 Å². The minimum atomic E-state index is 0.746. The summed E-state index contributed by atoms with van der Waals surface area (Å²) >= 11 is 0. The monoisotopic (exact) mass is 223 g/mol. The van der Waals surface area contributed by atoms with E-state index in [2.05, 4.69) is 19.2 Å². The smallest absolute Gasteiger partial charge is 0.127 e. The molecule has 0 bridgehead atoms. The van der Waals surface area contributed by atoms with E-state index in [9.17, 15) is 0 Å². The molecule has 1 aromatic carbocycles. The first-order chi connectivity index (χ1) is 7.81. The van der Waals surface area contributed by atoms with Crippen molar-refractivity contribution in [2.75, 3.05) is 20.3 Å². The molecule has 0 saturated heterocycles. The molecular formula is C13H21NO2. The summed E-state index contributed by atoms with van der Waals surface area (Å²) < 4.78 is 10.9. The van der Waals surface area contributed by atoms with E-state index in [0.29, 0.717) is 0 Å². The molecule has 1 rings (SSSR count). The molecule has 3 nitrogen and oxygen atoms in total. The highest BCUT2D eigenvalue weighted by molar-refractivity contribution is 5.40. The lowest BCUT2D eigenvalue weighted by Gasteiger charge is -2.11. The van der Waals surface area contributed by atoms with Gasteiger partial charge in [0.05, 0.1) is 13.7 Å². The molecule has 0 heterocycles. The van der Waals surface area contributed by atoms with Gasteiger partial charge in [0.2, 0.25) is 0 Å². The Bertz CT molecular complexity index is 313. The fourth-order valence-electron chi connectivity index (χ4n) is 1.44. The summed E-state index contributed by atoms with van der Waals surface area (Å²) in [6, 6.07) is 5.99. The molecule has 0 amide bonds. The lowest BCUT2D eigenvalue weighted by molar-refractivity contribution is 0.314. The van der Waals surface area contributed by atoms with Crippen LogP contribution in [0, 0.1) is 0 Å². The van der Waals surface area contributed by atoms with Crippen molar-refractivity contribution in [1.82, 2.24) is 5.32 Å². The molecule has 1 aromatic rings. The Morgan fingerprint density at radius 1 is 1.25 bits per heavy atom. The molecule has 0 radical (unpaired) electrons. The topological polar surface area (TPSA) is 30.5 Å². The Labute approximate surface area is 97.8 Å². The maximum atomic E-state index is 5.56. The second-order valence-corrected chi connectivity index (χ2v) is 3.60. The zero-order valence-electron chi connectivity index (χ0n) is 10.4. The maximum absolute atomic E-state index is 5.56. The SMILES string of the molecule is CCCOc1ccc(CNCC)c(OC)c1. The third-order valence-corrected chi connectivity index (χ3v) is 2.30. The van der Waals surface area contributed by atoms with E-state index in [4.69, 9.17) is 9.47 Å². The number of ether oxygens (including phenoxy) is 2. The quantitative estimate of drug-likeness (QED) is 0.770. The van der Waals surface area contributed by atoms with Crippen LogP contribution in [-0.4, -0.2) is 20.3 Å². The fourth-order valence-corrected chi connectivity index (χ4v) is 1.44. The van der Waals surface area contributed by atoms with Gasteiger partial charge in [-0.3, -0.25) is 0 Å². The summed E-state index contributed by atoms with van der Waals surface area (Å²) in [7, 11) is 1.69. The summed E-state index contributed by atoms with van der Waals surface area (Å²) in [5, 5.41) is 3.28. The van der Waals surface area contributed by atoms with E-state index in [1.807, 2.05) is 18.2 Å². The number of nitrogens with one attached hydrogen (secondary N) is 1. The van der Waals surface area contributed by atoms with E-state index in [1.165, 1.54) is 0 Å². The van der Waals surface area contributed by atoms with Crippen molar-refractivity contribution in [3.8, 4) is 11.5 Å². The first-order valence-corrected chi connectivity index (χ1v) is 5.82. The Hall–Kier alpha value is -1.22. The van der Waals surface area contributed by atoms with Crippen molar-refractivity contribution < 1.29 is 9.47 Å². The van der Waals surface area contributed by atoms with Gasteiger partial charge in [-0.15, -0.1) is 0 Å². The Balaban J connectivity index is 2.71. The van der Waals surface area contributed by atoms with E-state index >= 15 is 0 Å². The molecule has 0 saturated carbocycles. The van der Waals surface area contributed by atoms with E-state index in [1.54, 1.807) is 7.11 Å². The van der Waals surface area contributed by atoms with Crippen LogP contribution in [0.4, 0.5) is 0 Å². The largest absolute Gasteiger partial charge is 0.496 e. The van der Waals surface area contributed by atoms with Crippen LogP contribution < -0.4 is 14.8 Å². The number of hydrogen-bond acceptors (Lipinski definition) is 3. The Morgan fingerprint density at radius 2 is 2.06 bits per heavy atom. The Morgan fingerprint density at radius 3 is 2.69 bits per heavy atom. The van der Waals surface area contributed by atoms with Crippen LogP contribution in [0.25, 0.3) is 0 Å². The van der Waals surface area contributed by atoms with Crippen molar-refractivity contribution in [1.29, 1.82) is 0 Å². The Kier molecular flexibility index (Phi) is 5.72. The summed E-state index contributed by atoms with van der Waals surface area (Å²) in [6.07, 6.45) is 1.02. The first kappa shape index (κ1) is 12.8. The molecule has 3 heteroatoms. The zero-order valence-corrected chi connectivity index (χ0v) is 10.4. The molecule has 16 heavy (non-hydrogen) atoms. The molecular weight excluding hydrogens is 202 g/mol. The van der Waals surface area contributed by atoms with Gasteiger partial charge in [-0.2, -0.15) is 0 Å². The number of hydrogen-bond donors (Lipinski definition) is 1. The number of methoxy groups -OCH3 is 1. The van der Waals surface area contributed by atoms with Gasteiger partial charge in [-0.25, -0.2) is 0 Å². The average molecular weight is 223 g/mol. The second-order valence-electron chi connectivity index (χ2n) is 3.60. The van der Waals surface area contributed by atoms with Gasteiger partial charge in [0.1, 0.15) is 11.5 Å². The fraction of sp³-hybridized carbons (Fsp3) is 0.538. The molecule has 0 aliphatic heterocycles. The predicted octanol–water partition coefficient (Wildman–Crippen LogP) is 2.59. The lowest BCUT2D eigenvalue weighted by Crippen LogP contribution is -2.12. The van der Waals surface area contributed by atoms with Gasteiger partial charge in [0.25, 0.3) is 0 Å². The summed E-state index contributed by atoms with van der Waals surface area (Å²) in [5.41, 5.74) is 1.16. The third-order valence-electron chi connectivity index (χ3n) is 2.30. The van der Waals surface area contributed by atoms with Gasteiger partial charge in [0.15, 0.2) is 0 Å². The van der Waals surface area contributed by atoms with Gasteiger partial charge in [0, 0.05) is 18.2 Å².